The number of carboxylic acids is 1. The zero-order valence-corrected chi connectivity index (χ0v) is 11.2. The topological polar surface area (TPSA) is 54.4 Å². The average Bonchev–Trinajstić information content (AvgIpc) is 2.61. The lowest BCUT2D eigenvalue weighted by atomic mass is 9.72. The van der Waals surface area contributed by atoms with E-state index in [0.717, 1.165) is 32.1 Å². The molecule has 1 fully saturated rings. The van der Waals surface area contributed by atoms with Crippen LogP contribution < -0.4 is 0 Å². The van der Waals surface area contributed by atoms with Crippen LogP contribution in [0.3, 0.4) is 0 Å². The molecule has 1 N–H and O–H groups in total. The summed E-state index contributed by atoms with van der Waals surface area (Å²) < 4.78 is 0. The predicted octanol–water partition coefficient (Wildman–Crippen LogP) is 3.27. The molecule has 0 radical (unpaired) electrons. The van der Waals surface area contributed by atoms with Crippen molar-refractivity contribution in [2.24, 2.45) is 17.3 Å². The summed E-state index contributed by atoms with van der Waals surface area (Å²) in [5, 5.41) is 9.27. The molecule has 0 spiro atoms. The summed E-state index contributed by atoms with van der Waals surface area (Å²) in [4.78, 5) is 23.1. The fourth-order valence-electron chi connectivity index (χ4n) is 2.91. The van der Waals surface area contributed by atoms with Crippen LogP contribution in [0.2, 0.25) is 0 Å². The van der Waals surface area contributed by atoms with Crippen LogP contribution in [0.15, 0.2) is 0 Å². The van der Waals surface area contributed by atoms with Crippen molar-refractivity contribution >= 4 is 11.8 Å². The molecule has 3 nitrogen and oxygen atoms in total. The van der Waals surface area contributed by atoms with Gasteiger partial charge in [-0.05, 0) is 32.6 Å². The van der Waals surface area contributed by atoms with Crippen LogP contribution in [0.4, 0.5) is 0 Å². The second kappa shape index (κ2) is 5.65. The highest BCUT2D eigenvalue weighted by Gasteiger charge is 2.46. The zero-order valence-electron chi connectivity index (χ0n) is 11.2. The molecular formula is C14H24O3. The Morgan fingerprint density at radius 1 is 1.41 bits per heavy atom. The molecule has 0 amide bonds. The van der Waals surface area contributed by atoms with Crippen LogP contribution in [-0.4, -0.2) is 16.9 Å². The van der Waals surface area contributed by atoms with Gasteiger partial charge in [-0.2, -0.15) is 0 Å². The second-order valence-electron chi connectivity index (χ2n) is 5.74. The quantitative estimate of drug-likeness (QED) is 0.725. The smallest absolute Gasteiger partial charge is 0.309 e. The monoisotopic (exact) mass is 240 g/mol. The number of Topliss-reactive ketones (excluding diaryl/α,β-unsaturated/α-hetero) is 1. The first kappa shape index (κ1) is 14.2. The first-order valence-electron chi connectivity index (χ1n) is 6.67. The van der Waals surface area contributed by atoms with Crippen LogP contribution in [0.5, 0.6) is 0 Å². The van der Waals surface area contributed by atoms with Gasteiger partial charge in [-0.3, -0.25) is 9.59 Å². The standard InChI is InChI=1S/C14H24O3/c1-4-5-6-7-10-11(8-9-12(10)15)14(2,3)13(16)17/h10-11H,4-9H2,1-3H3,(H,16,17)/t10-,11+/m0/s1. The number of aliphatic carboxylic acids is 1. The molecule has 0 heterocycles. The van der Waals surface area contributed by atoms with Crippen molar-refractivity contribution in [3.63, 3.8) is 0 Å². The van der Waals surface area contributed by atoms with Gasteiger partial charge >= 0.3 is 5.97 Å². The maximum absolute atomic E-state index is 11.9. The summed E-state index contributed by atoms with van der Waals surface area (Å²) in [7, 11) is 0. The van der Waals surface area contributed by atoms with Crippen molar-refractivity contribution in [2.75, 3.05) is 0 Å². The van der Waals surface area contributed by atoms with E-state index < -0.39 is 11.4 Å². The molecule has 0 saturated heterocycles. The molecule has 0 aromatic carbocycles. The minimum absolute atomic E-state index is 0.0179. The van der Waals surface area contributed by atoms with Crippen LogP contribution >= 0.6 is 0 Å². The fourth-order valence-corrected chi connectivity index (χ4v) is 2.91. The largest absolute Gasteiger partial charge is 0.481 e. The fraction of sp³-hybridized carbons (Fsp3) is 0.857. The minimum atomic E-state index is -0.780. The van der Waals surface area contributed by atoms with Crippen molar-refractivity contribution in [1.29, 1.82) is 0 Å². The van der Waals surface area contributed by atoms with Crippen LogP contribution in [-0.2, 0) is 9.59 Å². The van der Waals surface area contributed by atoms with Crippen molar-refractivity contribution < 1.29 is 14.7 Å². The lowest BCUT2D eigenvalue weighted by Gasteiger charge is -2.31. The van der Waals surface area contributed by atoms with E-state index in [-0.39, 0.29) is 17.6 Å². The molecule has 1 rings (SSSR count). The Labute approximate surface area is 104 Å². The highest BCUT2D eigenvalue weighted by atomic mass is 16.4. The summed E-state index contributed by atoms with van der Waals surface area (Å²) in [6.07, 6.45) is 5.48. The molecule has 0 unspecified atom stereocenters. The van der Waals surface area contributed by atoms with E-state index in [9.17, 15) is 14.7 Å². The SMILES string of the molecule is CCCCC[C@@H]1C(=O)CC[C@H]1C(C)(C)C(=O)O. The molecule has 3 heteroatoms. The van der Waals surface area contributed by atoms with E-state index in [1.807, 2.05) is 0 Å². The Hall–Kier alpha value is -0.860. The molecule has 0 aromatic rings. The van der Waals surface area contributed by atoms with Crippen molar-refractivity contribution in [1.82, 2.24) is 0 Å². The van der Waals surface area contributed by atoms with Gasteiger partial charge in [0.05, 0.1) is 5.41 Å². The Morgan fingerprint density at radius 2 is 2.06 bits per heavy atom. The Bertz CT molecular complexity index is 294. The van der Waals surface area contributed by atoms with Gasteiger partial charge in [0.15, 0.2) is 0 Å². The molecule has 2 atom stereocenters. The maximum Gasteiger partial charge on any atom is 0.309 e. The lowest BCUT2D eigenvalue weighted by Crippen LogP contribution is -2.36. The number of hydrogen-bond acceptors (Lipinski definition) is 2. The number of carboxylic acid groups (broad SMARTS) is 1. The van der Waals surface area contributed by atoms with Crippen LogP contribution in [0.1, 0.15) is 59.3 Å². The van der Waals surface area contributed by atoms with Gasteiger partial charge in [0.1, 0.15) is 5.78 Å². The number of hydrogen-bond donors (Lipinski definition) is 1. The third-order valence-electron chi connectivity index (χ3n) is 4.20. The van der Waals surface area contributed by atoms with E-state index >= 15 is 0 Å². The van der Waals surface area contributed by atoms with Crippen LogP contribution in [0.25, 0.3) is 0 Å². The normalized spacial score (nSPS) is 25.2. The first-order valence-corrected chi connectivity index (χ1v) is 6.67. The second-order valence-corrected chi connectivity index (χ2v) is 5.74. The molecule has 17 heavy (non-hydrogen) atoms. The lowest BCUT2D eigenvalue weighted by molar-refractivity contribution is -0.151. The van der Waals surface area contributed by atoms with E-state index in [2.05, 4.69) is 6.92 Å². The Kier molecular flexibility index (Phi) is 4.72. The number of rotatable bonds is 6. The van der Waals surface area contributed by atoms with Crippen LogP contribution in [0, 0.1) is 17.3 Å². The Morgan fingerprint density at radius 3 is 2.59 bits per heavy atom. The van der Waals surface area contributed by atoms with E-state index in [4.69, 9.17) is 0 Å². The minimum Gasteiger partial charge on any atom is -0.481 e. The number of unbranched alkanes of at least 4 members (excludes halogenated alkanes) is 2. The molecule has 0 aromatic heterocycles. The van der Waals surface area contributed by atoms with Crippen molar-refractivity contribution in [3.8, 4) is 0 Å². The van der Waals surface area contributed by atoms with Crippen molar-refractivity contribution in [2.45, 2.75) is 59.3 Å². The average molecular weight is 240 g/mol. The van der Waals surface area contributed by atoms with E-state index in [0.29, 0.717) is 6.42 Å². The third kappa shape index (κ3) is 3.08. The van der Waals surface area contributed by atoms with E-state index in [1.54, 1.807) is 13.8 Å². The molecule has 1 saturated carbocycles. The zero-order chi connectivity index (χ0) is 13.1. The first-order chi connectivity index (χ1) is 7.91. The molecule has 98 valence electrons. The summed E-state index contributed by atoms with van der Waals surface area (Å²) in [5.41, 5.74) is -0.775. The summed E-state index contributed by atoms with van der Waals surface area (Å²) in [6.45, 7) is 5.64. The highest BCUT2D eigenvalue weighted by Crippen LogP contribution is 2.44. The molecular weight excluding hydrogens is 216 g/mol. The molecule has 1 aliphatic rings. The number of ketones is 1. The van der Waals surface area contributed by atoms with Gasteiger partial charge in [0, 0.05) is 12.3 Å². The number of carbonyl (C=O) groups is 2. The van der Waals surface area contributed by atoms with Gasteiger partial charge in [-0.1, -0.05) is 26.2 Å². The predicted molar refractivity (Wildman–Crippen MR) is 66.8 cm³/mol. The van der Waals surface area contributed by atoms with Gasteiger partial charge in [-0.25, -0.2) is 0 Å². The Balaban J connectivity index is 2.70. The number of carbonyl (C=O) groups excluding carboxylic acids is 1. The maximum atomic E-state index is 11.9. The molecule has 1 aliphatic carbocycles. The van der Waals surface area contributed by atoms with Crippen molar-refractivity contribution in [3.05, 3.63) is 0 Å². The van der Waals surface area contributed by atoms with Gasteiger partial charge in [-0.15, -0.1) is 0 Å². The van der Waals surface area contributed by atoms with E-state index in [1.165, 1.54) is 0 Å². The van der Waals surface area contributed by atoms with Gasteiger partial charge in [0.25, 0.3) is 0 Å². The highest BCUT2D eigenvalue weighted by molar-refractivity contribution is 5.85. The molecule has 0 aliphatic heterocycles. The van der Waals surface area contributed by atoms with Gasteiger partial charge < -0.3 is 5.11 Å². The molecule has 0 bridgehead atoms. The van der Waals surface area contributed by atoms with Gasteiger partial charge in [0.2, 0.25) is 0 Å². The summed E-state index contributed by atoms with van der Waals surface area (Å²) in [5.74, 6) is -0.505. The summed E-state index contributed by atoms with van der Waals surface area (Å²) in [6, 6.07) is 0. The summed E-state index contributed by atoms with van der Waals surface area (Å²) >= 11 is 0. The third-order valence-corrected chi connectivity index (χ3v) is 4.20.